The molecule has 0 saturated carbocycles. The van der Waals surface area contributed by atoms with Gasteiger partial charge >= 0.3 is 0 Å². The molecule has 2 aliphatic heterocycles. The maximum absolute atomic E-state index is 4.12. The zero-order valence-corrected chi connectivity index (χ0v) is 7.56. The van der Waals surface area contributed by atoms with Gasteiger partial charge in [0.05, 0.1) is 17.6 Å². The highest BCUT2D eigenvalue weighted by atomic mass is 32.2. The lowest BCUT2D eigenvalue weighted by Crippen LogP contribution is -2.21. The minimum absolute atomic E-state index is 0.539. The normalized spacial score (nSPS) is 29.6. The fourth-order valence-corrected chi connectivity index (χ4v) is 2.41. The first-order valence-corrected chi connectivity index (χ1v) is 4.67. The summed E-state index contributed by atoms with van der Waals surface area (Å²) in [4.78, 5) is 2.29. The summed E-state index contributed by atoms with van der Waals surface area (Å²) in [5.74, 6) is 0. The molecule has 0 aliphatic carbocycles. The molecular weight excluding hydrogens is 158 g/mol. The van der Waals surface area contributed by atoms with Crippen LogP contribution in [0.4, 0.5) is 0 Å². The van der Waals surface area contributed by atoms with Gasteiger partial charge in [-0.15, -0.1) is 5.11 Å². The van der Waals surface area contributed by atoms with E-state index in [2.05, 4.69) is 29.1 Å². The molecule has 2 aliphatic rings. The highest BCUT2D eigenvalue weighted by Gasteiger charge is 2.27. The molecule has 0 unspecified atom stereocenters. The van der Waals surface area contributed by atoms with Crippen LogP contribution in [0, 0.1) is 0 Å². The molecule has 0 bridgehead atoms. The predicted octanol–water partition coefficient (Wildman–Crippen LogP) is 2.04. The van der Waals surface area contributed by atoms with Crippen molar-refractivity contribution in [3.63, 3.8) is 0 Å². The molecule has 2 heterocycles. The van der Waals surface area contributed by atoms with Gasteiger partial charge in [-0.3, -0.25) is 0 Å². The Morgan fingerprint density at radius 3 is 3.18 bits per heavy atom. The summed E-state index contributed by atoms with van der Waals surface area (Å²) in [6.07, 6.45) is 1.06. The van der Waals surface area contributed by atoms with Gasteiger partial charge in [-0.05, 0) is 6.92 Å². The third-order valence-corrected chi connectivity index (χ3v) is 3.31. The number of hydrogen-bond acceptors (Lipinski definition) is 4. The van der Waals surface area contributed by atoms with E-state index in [4.69, 9.17) is 0 Å². The quantitative estimate of drug-likeness (QED) is 0.555. The first kappa shape index (κ1) is 7.16. The van der Waals surface area contributed by atoms with Crippen molar-refractivity contribution < 1.29 is 0 Å². The second-order valence-corrected chi connectivity index (χ2v) is 4.10. The van der Waals surface area contributed by atoms with E-state index >= 15 is 0 Å². The molecule has 0 saturated heterocycles. The van der Waals surface area contributed by atoms with Gasteiger partial charge in [0.25, 0.3) is 0 Å². The van der Waals surface area contributed by atoms with Crippen LogP contribution in [0.5, 0.6) is 0 Å². The summed E-state index contributed by atoms with van der Waals surface area (Å²) in [6.45, 7) is 3.05. The molecule has 0 spiro atoms. The Hall–Kier alpha value is -0.510. The van der Waals surface area contributed by atoms with Crippen LogP contribution in [-0.2, 0) is 0 Å². The van der Waals surface area contributed by atoms with Crippen molar-refractivity contribution in [3.05, 3.63) is 10.7 Å². The Morgan fingerprint density at radius 2 is 2.45 bits per heavy atom. The molecule has 0 amide bonds. The Balaban J connectivity index is 2.28. The average molecular weight is 169 g/mol. The molecule has 2 rings (SSSR count). The van der Waals surface area contributed by atoms with Gasteiger partial charge in [0.1, 0.15) is 5.03 Å². The third kappa shape index (κ3) is 1.05. The monoisotopic (exact) mass is 169 g/mol. The molecule has 0 aromatic rings. The minimum Gasteiger partial charge on any atom is -0.363 e. The summed E-state index contributed by atoms with van der Waals surface area (Å²) in [5, 5.41) is 9.80. The lowest BCUT2D eigenvalue weighted by atomic mass is 10.3. The smallest absolute Gasteiger partial charge is 0.139 e. The van der Waals surface area contributed by atoms with E-state index in [1.165, 1.54) is 5.70 Å². The van der Waals surface area contributed by atoms with Crippen molar-refractivity contribution in [2.24, 2.45) is 10.2 Å². The molecule has 60 valence electrons. The maximum atomic E-state index is 4.12. The minimum atomic E-state index is 0.539. The van der Waals surface area contributed by atoms with Gasteiger partial charge in [-0.1, -0.05) is 11.8 Å². The van der Waals surface area contributed by atoms with E-state index in [1.807, 2.05) is 0 Å². The lowest BCUT2D eigenvalue weighted by molar-refractivity contribution is 0.401. The summed E-state index contributed by atoms with van der Waals surface area (Å²) in [5.41, 5.74) is 1.37. The van der Waals surface area contributed by atoms with Crippen LogP contribution in [0.15, 0.2) is 21.0 Å². The molecule has 0 aromatic heterocycles. The van der Waals surface area contributed by atoms with Crippen molar-refractivity contribution in [1.82, 2.24) is 4.90 Å². The van der Waals surface area contributed by atoms with E-state index in [1.54, 1.807) is 11.8 Å². The SMILES string of the molecule is C[C@@H]1SC2=C(CCN=N2)N1C. The van der Waals surface area contributed by atoms with Gasteiger partial charge in [0.2, 0.25) is 0 Å². The Labute approximate surface area is 70.6 Å². The summed E-state index contributed by atoms with van der Waals surface area (Å²) in [7, 11) is 2.13. The van der Waals surface area contributed by atoms with Crippen LogP contribution in [0.2, 0.25) is 0 Å². The first-order chi connectivity index (χ1) is 5.29. The fourth-order valence-electron chi connectivity index (χ4n) is 1.31. The van der Waals surface area contributed by atoms with Crippen molar-refractivity contribution >= 4 is 11.8 Å². The Kier molecular flexibility index (Phi) is 1.64. The van der Waals surface area contributed by atoms with E-state index in [-0.39, 0.29) is 0 Å². The van der Waals surface area contributed by atoms with Crippen LogP contribution in [0.25, 0.3) is 0 Å². The second kappa shape index (κ2) is 2.52. The number of nitrogens with zero attached hydrogens (tertiary/aromatic N) is 3. The summed E-state index contributed by atoms with van der Waals surface area (Å²) in [6, 6.07) is 0. The molecular formula is C7H11N3S. The molecule has 3 nitrogen and oxygen atoms in total. The zero-order chi connectivity index (χ0) is 7.84. The van der Waals surface area contributed by atoms with E-state index in [9.17, 15) is 0 Å². The Bertz CT molecular complexity index is 234. The molecule has 1 atom stereocenters. The van der Waals surface area contributed by atoms with Gasteiger partial charge in [-0.2, -0.15) is 5.11 Å². The van der Waals surface area contributed by atoms with Gasteiger partial charge in [0.15, 0.2) is 0 Å². The first-order valence-electron chi connectivity index (χ1n) is 3.79. The summed E-state index contributed by atoms with van der Waals surface area (Å²) >= 11 is 1.80. The van der Waals surface area contributed by atoms with Gasteiger partial charge in [0, 0.05) is 13.5 Å². The Morgan fingerprint density at radius 1 is 1.64 bits per heavy atom. The van der Waals surface area contributed by atoms with Crippen LogP contribution < -0.4 is 0 Å². The molecule has 0 fully saturated rings. The van der Waals surface area contributed by atoms with Gasteiger partial charge in [-0.25, -0.2) is 0 Å². The standard InChI is InChI=1S/C7H11N3S/c1-5-10(2)6-3-4-8-9-7(6)11-5/h5H,3-4H2,1-2H3/t5-/m0/s1. The van der Waals surface area contributed by atoms with Crippen molar-refractivity contribution in [2.75, 3.05) is 13.6 Å². The van der Waals surface area contributed by atoms with E-state index in [0.29, 0.717) is 5.37 Å². The highest BCUT2D eigenvalue weighted by Crippen LogP contribution is 2.40. The van der Waals surface area contributed by atoms with Crippen molar-refractivity contribution in [1.29, 1.82) is 0 Å². The topological polar surface area (TPSA) is 28.0 Å². The average Bonchev–Trinajstić information content (AvgIpc) is 2.30. The van der Waals surface area contributed by atoms with Crippen LogP contribution in [0.3, 0.4) is 0 Å². The third-order valence-electron chi connectivity index (χ3n) is 2.11. The molecule has 4 heteroatoms. The number of thioether (sulfide) groups is 1. The fraction of sp³-hybridized carbons (Fsp3) is 0.714. The second-order valence-electron chi connectivity index (χ2n) is 2.79. The van der Waals surface area contributed by atoms with Gasteiger partial charge < -0.3 is 4.90 Å². The lowest BCUT2D eigenvalue weighted by Gasteiger charge is -2.20. The molecule has 11 heavy (non-hydrogen) atoms. The molecule has 0 radical (unpaired) electrons. The molecule has 0 N–H and O–H groups in total. The summed E-state index contributed by atoms with van der Waals surface area (Å²) < 4.78 is 0. The number of azo groups is 1. The number of hydrogen-bond donors (Lipinski definition) is 0. The molecule has 0 aromatic carbocycles. The van der Waals surface area contributed by atoms with E-state index < -0.39 is 0 Å². The predicted molar refractivity (Wildman–Crippen MR) is 46.2 cm³/mol. The van der Waals surface area contributed by atoms with Crippen LogP contribution in [0.1, 0.15) is 13.3 Å². The number of rotatable bonds is 0. The van der Waals surface area contributed by atoms with Crippen molar-refractivity contribution in [3.8, 4) is 0 Å². The maximum Gasteiger partial charge on any atom is 0.139 e. The van der Waals surface area contributed by atoms with Crippen molar-refractivity contribution in [2.45, 2.75) is 18.7 Å². The zero-order valence-electron chi connectivity index (χ0n) is 6.74. The largest absolute Gasteiger partial charge is 0.363 e. The highest BCUT2D eigenvalue weighted by molar-refractivity contribution is 8.03. The van der Waals surface area contributed by atoms with Crippen LogP contribution in [-0.4, -0.2) is 23.9 Å². The van der Waals surface area contributed by atoms with E-state index in [0.717, 1.165) is 18.0 Å². The van der Waals surface area contributed by atoms with Crippen LogP contribution >= 0.6 is 11.8 Å².